The first-order valence-electron chi connectivity index (χ1n) is 5.89. The van der Waals surface area contributed by atoms with Crippen molar-refractivity contribution in [2.75, 3.05) is 0 Å². The van der Waals surface area contributed by atoms with Crippen molar-refractivity contribution in [3.8, 4) is 10.8 Å². The highest BCUT2D eigenvalue weighted by molar-refractivity contribution is 7.12. The van der Waals surface area contributed by atoms with Crippen LogP contribution in [0.1, 0.15) is 26.3 Å². The van der Waals surface area contributed by atoms with Crippen LogP contribution in [-0.2, 0) is 5.41 Å². The van der Waals surface area contributed by atoms with E-state index < -0.39 is 4.92 Å². The maximum Gasteiger partial charge on any atom is 0.322 e. The Morgan fingerprint density at radius 3 is 2.53 bits per heavy atom. The van der Waals surface area contributed by atoms with Crippen molar-refractivity contribution in [2.24, 2.45) is 0 Å². The van der Waals surface area contributed by atoms with E-state index in [0.717, 1.165) is 5.56 Å². The van der Waals surface area contributed by atoms with Gasteiger partial charge < -0.3 is 4.74 Å². The Bertz CT molecular complexity index is 599. The maximum absolute atomic E-state index is 10.9. The molecule has 5 heteroatoms. The molecule has 0 fully saturated rings. The van der Waals surface area contributed by atoms with E-state index in [1.165, 1.54) is 17.4 Å². The maximum atomic E-state index is 10.9. The largest absolute Gasteiger partial charge is 0.440 e. The molecule has 2 aromatic rings. The Hall–Kier alpha value is -1.88. The molecule has 0 spiro atoms. The minimum Gasteiger partial charge on any atom is -0.440 e. The summed E-state index contributed by atoms with van der Waals surface area (Å²) >= 11 is 1.23. The molecule has 100 valence electrons. The van der Waals surface area contributed by atoms with Crippen LogP contribution in [-0.4, -0.2) is 4.92 Å². The summed E-state index contributed by atoms with van der Waals surface area (Å²) in [4.78, 5) is 10.5. The second kappa shape index (κ2) is 5.01. The molecule has 1 heterocycles. The molecule has 0 aliphatic carbocycles. The van der Waals surface area contributed by atoms with Crippen molar-refractivity contribution in [3.63, 3.8) is 0 Å². The summed E-state index contributed by atoms with van der Waals surface area (Å²) in [5.41, 5.74) is 0.953. The third kappa shape index (κ3) is 2.93. The lowest BCUT2D eigenvalue weighted by Crippen LogP contribution is -2.12. The van der Waals surface area contributed by atoms with Gasteiger partial charge in [-0.3, -0.25) is 10.1 Å². The van der Waals surface area contributed by atoms with Gasteiger partial charge in [0.2, 0.25) is 0 Å². The van der Waals surface area contributed by atoms with E-state index in [1.54, 1.807) is 5.38 Å². The summed E-state index contributed by atoms with van der Waals surface area (Å²) in [5.74, 6) is 0.667. The van der Waals surface area contributed by atoms with Gasteiger partial charge in [0.1, 0.15) is 5.75 Å². The predicted octanol–water partition coefficient (Wildman–Crippen LogP) is 4.75. The Morgan fingerprint density at radius 2 is 1.89 bits per heavy atom. The lowest BCUT2D eigenvalue weighted by Gasteiger charge is -2.21. The summed E-state index contributed by atoms with van der Waals surface area (Å²) in [5, 5.41) is 12.9. The number of nitrogens with zero attached hydrogens (tertiary/aromatic N) is 1. The van der Waals surface area contributed by atoms with Gasteiger partial charge in [0.15, 0.2) is 0 Å². The fourth-order valence-corrected chi connectivity index (χ4v) is 2.50. The van der Waals surface area contributed by atoms with E-state index in [1.807, 2.05) is 24.3 Å². The lowest BCUT2D eigenvalue weighted by molar-refractivity contribution is -0.385. The molecule has 19 heavy (non-hydrogen) atoms. The molecule has 4 nitrogen and oxygen atoms in total. The van der Waals surface area contributed by atoms with Crippen LogP contribution in [0.2, 0.25) is 0 Å². The Morgan fingerprint density at radius 1 is 1.21 bits per heavy atom. The Balaban J connectivity index is 2.39. The average molecular weight is 277 g/mol. The highest BCUT2D eigenvalue weighted by Gasteiger charge is 2.22. The van der Waals surface area contributed by atoms with Crippen molar-refractivity contribution < 1.29 is 9.66 Å². The SMILES string of the molecule is CC(C)(C)c1ccccc1Oc1sccc1[N+](=O)[O-]. The number of benzene rings is 1. The van der Waals surface area contributed by atoms with Crippen LogP contribution in [0.4, 0.5) is 5.69 Å². The van der Waals surface area contributed by atoms with Gasteiger partial charge in [-0.2, -0.15) is 0 Å². The molecule has 0 aliphatic rings. The molecule has 1 aromatic carbocycles. The minimum absolute atomic E-state index is 0.00807. The number of thiophene rings is 1. The van der Waals surface area contributed by atoms with Crippen molar-refractivity contribution >= 4 is 17.0 Å². The van der Waals surface area contributed by atoms with Gasteiger partial charge in [-0.1, -0.05) is 39.0 Å². The van der Waals surface area contributed by atoms with E-state index in [0.29, 0.717) is 10.8 Å². The number of para-hydroxylation sites is 1. The smallest absolute Gasteiger partial charge is 0.322 e. The average Bonchev–Trinajstić information content (AvgIpc) is 2.76. The fraction of sp³-hybridized carbons (Fsp3) is 0.286. The van der Waals surface area contributed by atoms with Crippen LogP contribution in [0.15, 0.2) is 35.7 Å². The second-order valence-electron chi connectivity index (χ2n) is 5.20. The molecule has 0 amide bonds. The van der Waals surface area contributed by atoms with Crippen molar-refractivity contribution in [2.45, 2.75) is 26.2 Å². The van der Waals surface area contributed by atoms with Gasteiger partial charge in [-0.25, -0.2) is 0 Å². The van der Waals surface area contributed by atoms with Gasteiger partial charge in [0.25, 0.3) is 5.06 Å². The topological polar surface area (TPSA) is 52.4 Å². The van der Waals surface area contributed by atoms with E-state index in [2.05, 4.69) is 20.8 Å². The lowest BCUT2D eigenvalue weighted by atomic mass is 9.86. The molecule has 0 radical (unpaired) electrons. The summed E-state index contributed by atoms with van der Waals surface area (Å²) in [6.07, 6.45) is 0. The van der Waals surface area contributed by atoms with Gasteiger partial charge >= 0.3 is 5.69 Å². The van der Waals surface area contributed by atoms with Crippen LogP contribution in [0, 0.1) is 10.1 Å². The standard InChI is InChI=1S/C14H15NO3S/c1-14(2,3)10-6-4-5-7-12(10)18-13-11(15(16)17)8-9-19-13/h4-9H,1-3H3. The Labute approximate surface area is 115 Å². The number of nitro groups is 1. The van der Waals surface area contributed by atoms with Crippen molar-refractivity contribution in [3.05, 3.63) is 51.4 Å². The zero-order chi connectivity index (χ0) is 14.0. The quantitative estimate of drug-likeness (QED) is 0.601. The number of hydrogen-bond donors (Lipinski definition) is 0. The number of rotatable bonds is 3. The molecule has 0 N–H and O–H groups in total. The Kier molecular flexibility index (Phi) is 3.57. The summed E-state index contributed by atoms with van der Waals surface area (Å²) < 4.78 is 5.75. The zero-order valence-electron chi connectivity index (χ0n) is 11.0. The fourth-order valence-electron chi connectivity index (χ4n) is 1.78. The van der Waals surface area contributed by atoms with Crippen LogP contribution in [0.25, 0.3) is 0 Å². The molecular formula is C14H15NO3S. The molecular weight excluding hydrogens is 262 g/mol. The highest BCUT2D eigenvalue weighted by Crippen LogP contribution is 2.40. The third-order valence-corrected chi connectivity index (χ3v) is 3.48. The molecule has 1 aromatic heterocycles. The minimum atomic E-state index is -0.425. The molecule has 0 aliphatic heterocycles. The van der Waals surface area contributed by atoms with Crippen LogP contribution >= 0.6 is 11.3 Å². The molecule has 0 atom stereocenters. The molecule has 0 unspecified atom stereocenters. The van der Waals surface area contributed by atoms with E-state index in [-0.39, 0.29) is 11.1 Å². The van der Waals surface area contributed by atoms with Gasteiger partial charge in [-0.15, -0.1) is 11.3 Å². The first-order valence-corrected chi connectivity index (χ1v) is 6.77. The van der Waals surface area contributed by atoms with Gasteiger partial charge in [0, 0.05) is 17.0 Å². The summed E-state index contributed by atoms with van der Waals surface area (Å²) in [6.45, 7) is 6.24. The highest BCUT2D eigenvalue weighted by atomic mass is 32.1. The summed E-state index contributed by atoms with van der Waals surface area (Å²) in [6, 6.07) is 9.08. The summed E-state index contributed by atoms with van der Waals surface area (Å²) in [7, 11) is 0. The first kappa shape index (κ1) is 13.5. The van der Waals surface area contributed by atoms with Crippen LogP contribution < -0.4 is 4.74 Å². The molecule has 2 rings (SSSR count). The number of hydrogen-bond acceptors (Lipinski definition) is 4. The second-order valence-corrected chi connectivity index (χ2v) is 6.08. The number of ether oxygens (including phenoxy) is 1. The van der Waals surface area contributed by atoms with Crippen molar-refractivity contribution in [1.29, 1.82) is 0 Å². The van der Waals surface area contributed by atoms with E-state index in [4.69, 9.17) is 4.74 Å². The van der Waals surface area contributed by atoms with Crippen molar-refractivity contribution in [1.82, 2.24) is 0 Å². The van der Waals surface area contributed by atoms with Gasteiger partial charge in [0.05, 0.1) is 4.92 Å². The first-order chi connectivity index (χ1) is 8.89. The zero-order valence-corrected chi connectivity index (χ0v) is 11.9. The monoisotopic (exact) mass is 277 g/mol. The van der Waals surface area contributed by atoms with Gasteiger partial charge in [-0.05, 0) is 11.5 Å². The van der Waals surface area contributed by atoms with Crippen LogP contribution in [0.5, 0.6) is 10.8 Å². The van der Waals surface area contributed by atoms with E-state index in [9.17, 15) is 10.1 Å². The molecule has 0 saturated carbocycles. The molecule has 0 bridgehead atoms. The predicted molar refractivity (Wildman–Crippen MR) is 76.2 cm³/mol. The van der Waals surface area contributed by atoms with Crippen LogP contribution in [0.3, 0.4) is 0 Å². The van der Waals surface area contributed by atoms with E-state index >= 15 is 0 Å². The third-order valence-electron chi connectivity index (χ3n) is 2.70. The normalized spacial score (nSPS) is 11.3. The molecule has 0 saturated heterocycles.